The molecule has 2 atom stereocenters. The molecule has 0 saturated heterocycles. The molecule has 0 aliphatic heterocycles. The van der Waals surface area contributed by atoms with E-state index < -0.39 is 0 Å². The molecule has 0 saturated carbocycles. The van der Waals surface area contributed by atoms with Crippen molar-refractivity contribution in [1.29, 1.82) is 0 Å². The molecule has 0 spiro atoms. The average molecular weight is 361 g/mol. The Hall–Kier alpha value is -1.58. The lowest BCUT2D eigenvalue weighted by Gasteiger charge is -2.36. The monoisotopic (exact) mass is 360 g/mol. The molecule has 1 aromatic carbocycles. The van der Waals surface area contributed by atoms with Crippen LogP contribution in [0.15, 0.2) is 29.8 Å². The molecule has 2 aliphatic rings. The summed E-state index contributed by atoms with van der Waals surface area (Å²) < 4.78 is 0. The summed E-state index contributed by atoms with van der Waals surface area (Å²) in [5.41, 5.74) is 5.39. The van der Waals surface area contributed by atoms with Crippen molar-refractivity contribution in [2.75, 3.05) is 11.2 Å². The van der Waals surface area contributed by atoms with Crippen LogP contribution in [0.5, 0.6) is 0 Å². The summed E-state index contributed by atoms with van der Waals surface area (Å²) in [6.45, 7) is 2.19. The summed E-state index contributed by atoms with van der Waals surface area (Å²) in [5, 5.41) is 4.61. The van der Waals surface area contributed by atoms with Crippen LogP contribution >= 0.6 is 23.2 Å². The van der Waals surface area contributed by atoms with Crippen molar-refractivity contribution in [1.82, 2.24) is 4.98 Å². The zero-order valence-corrected chi connectivity index (χ0v) is 14.9. The second kappa shape index (κ2) is 6.05. The quantitative estimate of drug-likeness (QED) is 0.600. The number of benzene rings is 1. The fourth-order valence-electron chi connectivity index (χ4n) is 4.19. The van der Waals surface area contributed by atoms with Gasteiger partial charge in [-0.3, -0.25) is 9.78 Å². The number of anilines is 1. The molecule has 5 heteroatoms. The summed E-state index contributed by atoms with van der Waals surface area (Å²) in [6, 6.07) is 5.64. The van der Waals surface area contributed by atoms with Crippen LogP contribution in [0.2, 0.25) is 5.02 Å². The topological polar surface area (TPSA) is 42.0 Å². The highest BCUT2D eigenvalue weighted by molar-refractivity contribution is 6.31. The lowest BCUT2D eigenvalue weighted by Crippen LogP contribution is -2.25. The molecule has 1 N–H and O–H groups in total. The predicted octanol–water partition coefficient (Wildman–Crippen LogP) is 5.06. The van der Waals surface area contributed by atoms with Crippen molar-refractivity contribution in [2.24, 2.45) is 5.92 Å². The fraction of sp³-hybridized carbons (Fsp3) is 0.368. The summed E-state index contributed by atoms with van der Waals surface area (Å²) in [4.78, 5) is 16.9. The van der Waals surface area contributed by atoms with Gasteiger partial charge in [0.05, 0.1) is 11.2 Å². The maximum Gasteiger partial charge on any atom is 0.239 e. The SMILES string of the molecule is CC1=CC2Cc3nc4cc(Cl)ccc4c(NC(=O)CCl)c3C(C1)C2. The smallest absolute Gasteiger partial charge is 0.239 e. The molecule has 2 aliphatic carbocycles. The van der Waals surface area contributed by atoms with Crippen molar-refractivity contribution in [3.8, 4) is 0 Å². The Bertz CT molecular complexity index is 875. The number of allylic oxidation sites excluding steroid dienone is 2. The molecule has 2 unspecified atom stereocenters. The van der Waals surface area contributed by atoms with Gasteiger partial charge in [0.25, 0.3) is 0 Å². The molecular formula is C19H18Cl2N2O. The highest BCUT2D eigenvalue weighted by Crippen LogP contribution is 2.47. The number of nitrogens with one attached hydrogen (secondary N) is 1. The Morgan fingerprint density at radius 3 is 3.00 bits per heavy atom. The number of amides is 1. The van der Waals surface area contributed by atoms with Crippen LogP contribution in [-0.2, 0) is 11.2 Å². The molecule has 0 radical (unpaired) electrons. The van der Waals surface area contributed by atoms with Crippen molar-refractivity contribution in [3.63, 3.8) is 0 Å². The molecule has 24 heavy (non-hydrogen) atoms. The van der Waals surface area contributed by atoms with Gasteiger partial charge in [0.15, 0.2) is 0 Å². The summed E-state index contributed by atoms with van der Waals surface area (Å²) in [5.74, 6) is 0.698. The van der Waals surface area contributed by atoms with Gasteiger partial charge in [0, 0.05) is 21.7 Å². The van der Waals surface area contributed by atoms with Crippen LogP contribution in [0, 0.1) is 5.92 Å². The number of rotatable bonds is 2. The second-order valence-corrected chi connectivity index (χ2v) is 7.51. The number of halogens is 2. The maximum absolute atomic E-state index is 12.0. The maximum atomic E-state index is 12.0. The molecular weight excluding hydrogens is 343 g/mol. The van der Waals surface area contributed by atoms with Gasteiger partial charge in [-0.15, -0.1) is 11.6 Å². The number of fused-ring (bicyclic) bond motifs is 5. The molecule has 0 fully saturated rings. The number of carbonyl (C=O) groups is 1. The third-order valence-electron chi connectivity index (χ3n) is 4.99. The molecule has 1 amide bonds. The standard InChI is InChI=1S/C19H18Cl2N2O/c1-10-4-11-6-12(5-10)18-16(7-11)22-15-8-13(21)2-3-14(15)19(18)23-17(24)9-20/h2-4,8,11-12H,5-7,9H2,1H3,(H,22,23,24). The van der Waals surface area contributed by atoms with Gasteiger partial charge in [-0.25, -0.2) is 0 Å². The van der Waals surface area contributed by atoms with Crippen LogP contribution in [0.3, 0.4) is 0 Å². The molecule has 124 valence electrons. The minimum Gasteiger partial charge on any atom is -0.324 e. The van der Waals surface area contributed by atoms with Crippen LogP contribution in [0.25, 0.3) is 10.9 Å². The first kappa shape index (κ1) is 15.9. The molecule has 3 nitrogen and oxygen atoms in total. The summed E-state index contributed by atoms with van der Waals surface area (Å²) >= 11 is 11.9. The lowest BCUT2D eigenvalue weighted by molar-refractivity contribution is -0.113. The Kier molecular flexibility index (Phi) is 4.01. The first-order valence-corrected chi connectivity index (χ1v) is 9.11. The van der Waals surface area contributed by atoms with E-state index in [2.05, 4.69) is 18.3 Å². The Labute approximate surface area is 151 Å². The van der Waals surface area contributed by atoms with E-state index in [1.54, 1.807) is 0 Å². The third kappa shape index (κ3) is 2.70. The first-order chi connectivity index (χ1) is 11.5. The van der Waals surface area contributed by atoms with E-state index in [4.69, 9.17) is 28.2 Å². The molecule has 4 rings (SSSR count). The average Bonchev–Trinajstić information content (AvgIpc) is 2.53. The molecule has 2 bridgehead atoms. The van der Waals surface area contributed by atoms with E-state index in [1.165, 1.54) is 11.1 Å². The van der Waals surface area contributed by atoms with E-state index in [0.29, 0.717) is 16.9 Å². The number of hydrogen-bond acceptors (Lipinski definition) is 2. The van der Waals surface area contributed by atoms with Crippen LogP contribution in [0.1, 0.15) is 36.9 Å². The second-order valence-electron chi connectivity index (χ2n) is 6.80. The highest BCUT2D eigenvalue weighted by atomic mass is 35.5. The van der Waals surface area contributed by atoms with Crippen LogP contribution in [0.4, 0.5) is 5.69 Å². The summed E-state index contributed by atoms with van der Waals surface area (Å²) in [6.07, 6.45) is 5.43. The Morgan fingerprint density at radius 1 is 1.38 bits per heavy atom. The van der Waals surface area contributed by atoms with Crippen LogP contribution < -0.4 is 5.32 Å². The van der Waals surface area contributed by atoms with Crippen molar-refractivity contribution in [3.05, 3.63) is 46.1 Å². The largest absolute Gasteiger partial charge is 0.324 e. The van der Waals surface area contributed by atoms with Gasteiger partial charge >= 0.3 is 0 Å². The number of hydrogen-bond donors (Lipinski definition) is 1. The van der Waals surface area contributed by atoms with E-state index in [0.717, 1.165) is 41.5 Å². The number of pyridine rings is 1. The van der Waals surface area contributed by atoms with Gasteiger partial charge in [-0.05, 0) is 56.2 Å². The number of carbonyl (C=O) groups excluding carboxylic acids is 1. The normalized spacial score (nSPS) is 22.0. The van der Waals surface area contributed by atoms with Crippen molar-refractivity contribution < 1.29 is 4.79 Å². The Morgan fingerprint density at radius 2 is 2.21 bits per heavy atom. The highest BCUT2D eigenvalue weighted by Gasteiger charge is 2.33. The first-order valence-electron chi connectivity index (χ1n) is 8.20. The predicted molar refractivity (Wildman–Crippen MR) is 99.0 cm³/mol. The van der Waals surface area contributed by atoms with Gasteiger partial charge < -0.3 is 5.32 Å². The zero-order chi connectivity index (χ0) is 16.8. The Balaban J connectivity index is 1.95. The zero-order valence-electron chi connectivity index (χ0n) is 13.4. The van der Waals surface area contributed by atoms with Crippen molar-refractivity contribution >= 4 is 45.7 Å². The number of nitrogens with zero attached hydrogens (tertiary/aromatic N) is 1. The van der Waals surface area contributed by atoms with E-state index >= 15 is 0 Å². The lowest BCUT2D eigenvalue weighted by atomic mass is 9.71. The number of alkyl halides is 1. The van der Waals surface area contributed by atoms with Gasteiger partial charge in [0.2, 0.25) is 5.91 Å². The van der Waals surface area contributed by atoms with Crippen LogP contribution in [-0.4, -0.2) is 16.8 Å². The minimum atomic E-state index is -0.188. The van der Waals surface area contributed by atoms with Gasteiger partial charge in [-0.1, -0.05) is 23.3 Å². The third-order valence-corrected chi connectivity index (χ3v) is 5.47. The molecule has 1 aromatic heterocycles. The minimum absolute atomic E-state index is 0.0571. The molecule has 2 aromatic rings. The van der Waals surface area contributed by atoms with E-state index in [9.17, 15) is 4.79 Å². The van der Waals surface area contributed by atoms with Crippen molar-refractivity contribution in [2.45, 2.75) is 32.1 Å². The number of aromatic nitrogens is 1. The fourth-order valence-corrected chi connectivity index (χ4v) is 4.43. The molecule has 1 heterocycles. The van der Waals surface area contributed by atoms with E-state index in [1.807, 2.05) is 18.2 Å². The summed E-state index contributed by atoms with van der Waals surface area (Å²) in [7, 11) is 0. The van der Waals surface area contributed by atoms with Gasteiger partial charge in [-0.2, -0.15) is 0 Å². The van der Waals surface area contributed by atoms with Gasteiger partial charge in [0.1, 0.15) is 5.88 Å². The van der Waals surface area contributed by atoms with E-state index in [-0.39, 0.29) is 11.8 Å².